The van der Waals surface area contributed by atoms with Crippen LogP contribution < -0.4 is 14.4 Å². The van der Waals surface area contributed by atoms with Crippen LogP contribution in [0.4, 0.5) is 14.9 Å². The second kappa shape index (κ2) is 10.1. The predicted octanol–water partition coefficient (Wildman–Crippen LogP) is 7.18. The van der Waals surface area contributed by atoms with E-state index in [0.717, 1.165) is 22.2 Å². The third-order valence-electron chi connectivity index (χ3n) is 4.73. The molecule has 0 aliphatic carbocycles. The summed E-state index contributed by atoms with van der Waals surface area (Å²) in [4.78, 5) is 27.0. The molecule has 0 unspecified atom stereocenters. The third kappa shape index (κ3) is 5.15. The number of hydrogen-bond donors (Lipinski definition) is 0. The van der Waals surface area contributed by atoms with E-state index < -0.39 is 11.1 Å². The van der Waals surface area contributed by atoms with Crippen LogP contribution >= 0.6 is 43.6 Å². The normalized spacial score (nSPS) is 14.8. The van der Waals surface area contributed by atoms with Gasteiger partial charge < -0.3 is 9.47 Å². The molecule has 1 aliphatic heterocycles. The van der Waals surface area contributed by atoms with Crippen molar-refractivity contribution in [3.05, 3.63) is 91.5 Å². The van der Waals surface area contributed by atoms with Crippen molar-refractivity contribution in [1.82, 2.24) is 0 Å². The number of thioether (sulfide) groups is 1. The highest BCUT2D eigenvalue weighted by Gasteiger charge is 2.37. The number of hydrogen-bond acceptors (Lipinski definition) is 5. The summed E-state index contributed by atoms with van der Waals surface area (Å²) in [5.74, 6) is 0.284. The SMILES string of the molecule is COc1ccccc1N1C(=O)S/C(=C\c2cc(Br)c(OCc3ccc(F)cc3)c(Br)c2)C1=O. The largest absolute Gasteiger partial charge is 0.495 e. The van der Waals surface area contributed by atoms with Gasteiger partial charge in [0.15, 0.2) is 0 Å². The van der Waals surface area contributed by atoms with E-state index in [-0.39, 0.29) is 12.4 Å². The zero-order valence-corrected chi connectivity index (χ0v) is 21.2. The molecule has 5 nitrogen and oxygen atoms in total. The minimum atomic E-state index is -0.418. The first kappa shape index (κ1) is 23.5. The van der Waals surface area contributed by atoms with Crippen LogP contribution in [0.15, 0.2) is 74.5 Å². The Kier molecular flexibility index (Phi) is 7.21. The monoisotopic (exact) mass is 591 g/mol. The van der Waals surface area contributed by atoms with E-state index in [4.69, 9.17) is 9.47 Å². The van der Waals surface area contributed by atoms with Gasteiger partial charge in [-0.15, -0.1) is 0 Å². The zero-order chi connectivity index (χ0) is 23.5. The lowest BCUT2D eigenvalue weighted by atomic mass is 10.2. The number of rotatable bonds is 6. The molecule has 33 heavy (non-hydrogen) atoms. The Morgan fingerprint density at radius 3 is 2.36 bits per heavy atom. The highest BCUT2D eigenvalue weighted by Crippen LogP contribution is 2.41. The summed E-state index contributed by atoms with van der Waals surface area (Å²) in [5, 5.41) is -0.395. The Morgan fingerprint density at radius 1 is 1.03 bits per heavy atom. The zero-order valence-electron chi connectivity index (χ0n) is 17.2. The van der Waals surface area contributed by atoms with Crippen molar-refractivity contribution in [3.8, 4) is 11.5 Å². The molecule has 0 spiro atoms. The number of halogens is 3. The summed E-state index contributed by atoms with van der Waals surface area (Å²) < 4.78 is 25.6. The summed E-state index contributed by atoms with van der Waals surface area (Å²) in [6.07, 6.45) is 1.65. The number of benzene rings is 3. The van der Waals surface area contributed by atoms with Gasteiger partial charge in [-0.1, -0.05) is 24.3 Å². The summed E-state index contributed by atoms with van der Waals surface area (Å²) in [7, 11) is 1.49. The molecular formula is C24H16Br2FNO4S. The number of amides is 2. The fraction of sp³-hybridized carbons (Fsp3) is 0.0833. The molecule has 4 rings (SSSR count). The van der Waals surface area contributed by atoms with Crippen LogP contribution in [0.25, 0.3) is 6.08 Å². The average Bonchev–Trinajstić information content (AvgIpc) is 3.07. The lowest BCUT2D eigenvalue weighted by Crippen LogP contribution is -2.28. The van der Waals surface area contributed by atoms with Gasteiger partial charge in [-0.2, -0.15) is 0 Å². The number of anilines is 1. The molecule has 168 valence electrons. The molecule has 0 aromatic heterocycles. The first-order chi connectivity index (χ1) is 15.9. The Labute approximate surface area is 210 Å². The quantitative estimate of drug-likeness (QED) is 0.284. The van der Waals surface area contributed by atoms with Crippen molar-refractivity contribution < 1.29 is 23.5 Å². The molecule has 1 saturated heterocycles. The van der Waals surface area contributed by atoms with Gasteiger partial charge >= 0.3 is 0 Å². The number of imide groups is 1. The minimum Gasteiger partial charge on any atom is -0.495 e. The Bertz CT molecular complexity index is 1240. The number of ether oxygens (including phenoxy) is 2. The maximum atomic E-state index is 13.1. The van der Waals surface area contributed by atoms with E-state index in [0.29, 0.717) is 36.6 Å². The van der Waals surface area contributed by atoms with Crippen molar-refractivity contribution in [2.24, 2.45) is 0 Å². The summed E-state index contributed by atoms with van der Waals surface area (Å²) in [6, 6.07) is 16.5. The Balaban J connectivity index is 1.56. The molecule has 2 amide bonds. The maximum Gasteiger partial charge on any atom is 0.298 e. The van der Waals surface area contributed by atoms with Crippen molar-refractivity contribution in [3.63, 3.8) is 0 Å². The van der Waals surface area contributed by atoms with E-state index in [9.17, 15) is 14.0 Å². The van der Waals surface area contributed by atoms with Gasteiger partial charge in [-0.05, 0) is 97.2 Å². The molecule has 0 saturated carbocycles. The van der Waals surface area contributed by atoms with Crippen LogP contribution in [0.3, 0.4) is 0 Å². The summed E-state index contributed by atoms with van der Waals surface area (Å²) in [5.41, 5.74) is 1.93. The standard InChI is InChI=1S/C24H16Br2FNO4S/c1-31-20-5-3-2-4-19(20)28-23(29)21(33-24(28)30)12-15-10-17(25)22(18(26)11-15)32-13-14-6-8-16(27)9-7-14/h2-12H,13H2,1H3/b21-12-. The van der Waals surface area contributed by atoms with Crippen LogP contribution in [-0.2, 0) is 11.4 Å². The van der Waals surface area contributed by atoms with E-state index in [1.54, 1.807) is 54.6 Å². The lowest BCUT2D eigenvalue weighted by molar-refractivity contribution is -0.113. The molecule has 0 radical (unpaired) electrons. The molecule has 3 aromatic rings. The summed E-state index contributed by atoms with van der Waals surface area (Å²) in [6.45, 7) is 0.259. The van der Waals surface area contributed by atoms with Crippen molar-refractivity contribution in [2.75, 3.05) is 12.0 Å². The van der Waals surface area contributed by atoms with Gasteiger partial charge in [-0.3, -0.25) is 9.59 Å². The molecule has 0 atom stereocenters. The van der Waals surface area contributed by atoms with Gasteiger partial charge in [-0.25, -0.2) is 9.29 Å². The second-order valence-electron chi connectivity index (χ2n) is 6.92. The molecule has 1 aliphatic rings. The predicted molar refractivity (Wildman–Crippen MR) is 134 cm³/mol. The van der Waals surface area contributed by atoms with Gasteiger partial charge in [0.25, 0.3) is 11.1 Å². The van der Waals surface area contributed by atoms with Crippen LogP contribution in [0.5, 0.6) is 11.5 Å². The molecule has 3 aromatic carbocycles. The molecule has 9 heteroatoms. The number of nitrogens with zero attached hydrogens (tertiary/aromatic N) is 1. The van der Waals surface area contributed by atoms with Gasteiger partial charge in [0.1, 0.15) is 23.9 Å². The maximum absolute atomic E-state index is 13.1. The number of carbonyl (C=O) groups excluding carboxylic acids is 2. The van der Waals surface area contributed by atoms with Crippen molar-refractivity contribution in [2.45, 2.75) is 6.61 Å². The Hall–Kier alpha value is -2.62. The van der Waals surface area contributed by atoms with Crippen molar-refractivity contribution >= 4 is 66.5 Å². The van der Waals surface area contributed by atoms with E-state index in [1.807, 2.05) is 0 Å². The number of carbonyl (C=O) groups is 2. The third-order valence-corrected chi connectivity index (χ3v) is 6.78. The van der Waals surface area contributed by atoms with Gasteiger partial charge in [0.2, 0.25) is 0 Å². The molecule has 1 heterocycles. The second-order valence-corrected chi connectivity index (χ2v) is 9.62. The topological polar surface area (TPSA) is 55.8 Å². The highest BCUT2D eigenvalue weighted by molar-refractivity contribution is 9.11. The van der Waals surface area contributed by atoms with E-state index in [1.165, 1.54) is 19.2 Å². The highest BCUT2D eigenvalue weighted by atomic mass is 79.9. The fourth-order valence-corrected chi connectivity index (χ4v) is 5.46. The van der Waals surface area contributed by atoms with Crippen LogP contribution in [-0.4, -0.2) is 18.3 Å². The summed E-state index contributed by atoms with van der Waals surface area (Å²) >= 11 is 7.86. The number of methoxy groups -OCH3 is 1. The molecule has 0 N–H and O–H groups in total. The Morgan fingerprint density at radius 2 is 1.70 bits per heavy atom. The fourth-order valence-electron chi connectivity index (χ4n) is 3.18. The molecular weight excluding hydrogens is 577 g/mol. The first-order valence-corrected chi connectivity index (χ1v) is 12.0. The van der Waals surface area contributed by atoms with Crippen LogP contribution in [0, 0.1) is 5.82 Å². The molecule has 0 bridgehead atoms. The average molecular weight is 593 g/mol. The first-order valence-electron chi connectivity index (χ1n) is 9.64. The van der Waals surface area contributed by atoms with Crippen LogP contribution in [0.2, 0.25) is 0 Å². The van der Waals surface area contributed by atoms with E-state index in [2.05, 4.69) is 31.9 Å². The molecule has 1 fully saturated rings. The van der Waals surface area contributed by atoms with Crippen LogP contribution in [0.1, 0.15) is 11.1 Å². The number of para-hydroxylation sites is 2. The van der Waals surface area contributed by atoms with Crippen molar-refractivity contribution in [1.29, 1.82) is 0 Å². The smallest absolute Gasteiger partial charge is 0.298 e. The minimum absolute atomic E-state index is 0.259. The lowest BCUT2D eigenvalue weighted by Gasteiger charge is -2.15. The van der Waals surface area contributed by atoms with E-state index >= 15 is 0 Å². The van der Waals surface area contributed by atoms with Gasteiger partial charge in [0, 0.05) is 0 Å². The van der Waals surface area contributed by atoms with Gasteiger partial charge in [0.05, 0.1) is 26.6 Å².